The lowest BCUT2D eigenvalue weighted by Crippen LogP contribution is -2.61. The largest absolute Gasteiger partial charge is 0.393 e. The third-order valence-electron chi connectivity index (χ3n) is 8.20. The number of rotatable bonds is 1. The van der Waals surface area contributed by atoms with Crippen LogP contribution in [0.5, 0.6) is 0 Å². The maximum absolute atomic E-state index is 12.4. The Balaban J connectivity index is 1.80. The van der Waals surface area contributed by atoms with E-state index in [0.29, 0.717) is 18.4 Å². The average molecular weight is 356 g/mol. The first-order valence-corrected chi connectivity index (χ1v) is 9.59. The molecule has 1 unspecified atom stereocenters. The quantitative estimate of drug-likeness (QED) is 0.709. The molecule has 0 radical (unpaired) electrons. The van der Waals surface area contributed by atoms with Gasteiger partial charge in [-0.1, -0.05) is 32.1 Å². The van der Waals surface area contributed by atoms with Gasteiger partial charge in [-0.15, -0.1) is 0 Å². The van der Waals surface area contributed by atoms with E-state index in [0.717, 1.165) is 18.4 Å². The van der Waals surface area contributed by atoms with E-state index in [2.05, 4.69) is 13.5 Å². The lowest BCUT2D eigenvalue weighted by Gasteiger charge is -2.59. The van der Waals surface area contributed by atoms with Gasteiger partial charge in [0.05, 0.1) is 6.10 Å². The van der Waals surface area contributed by atoms with Crippen molar-refractivity contribution in [1.82, 2.24) is 0 Å². The third-order valence-corrected chi connectivity index (χ3v) is 8.20. The molecule has 0 saturated heterocycles. The summed E-state index contributed by atoms with van der Waals surface area (Å²) in [5, 5.41) is 22.5. The Bertz CT molecular complexity index is 777. The van der Waals surface area contributed by atoms with Crippen molar-refractivity contribution in [2.24, 2.45) is 28.6 Å². The molecule has 7 atom stereocenters. The van der Waals surface area contributed by atoms with E-state index >= 15 is 0 Å². The standard InChI is InChI=1S/C22H28O4/c1-12-9-17-16-6-5-14-10-15(24)7-8-20(14,3)19(16)18(25)11-21(17,4)22(12,26)13(2)23/h7-8,10,16-19,25-26H,1,5-6,9,11H2,2-4H3/t16-,17-,18?,19+,20-,21-,22-/m0/s1. The Morgan fingerprint density at radius 2 is 2.04 bits per heavy atom. The van der Waals surface area contributed by atoms with Crippen LogP contribution in [0.4, 0.5) is 0 Å². The lowest BCUT2D eigenvalue weighted by atomic mass is 9.46. The van der Waals surface area contributed by atoms with Gasteiger partial charge >= 0.3 is 0 Å². The fraction of sp³-hybridized carbons (Fsp3) is 0.636. The fourth-order valence-corrected chi connectivity index (χ4v) is 6.93. The molecule has 2 N–H and O–H groups in total. The Hall–Kier alpha value is -1.52. The molecule has 0 spiro atoms. The van der Waals surface area contributed by atoms with Gasteiger partial charge in [0.1, 0.15) is 5.60 Å². The first-order chi connectivity index (χ1) is 12.1. The van der Waals surface area contributed by atoms with Crippen LogP contribution in [0.1, 0.15) is 46.5 Å². The molecule has 140 valence electrons. The van der Waals surface area contributed by atoms with Gasteiger partial charge in [0, 0.05) is 16.7 Å². The van der Waals surface area contributed by atoms with Crippen LogP contribution < -0.4 is 0 Å². The molecule has 0 bridgehead atoms. The summed E-state index contributed by atoms with van der Waals surface area (Å²) in [6, 6.07) is 0. The molecule has 4 heteroatoms. The molecule has 4 rings (SSSR count). The first-order valence-electron chi connectivity index (χ1n) is 9.59. The number of aliphatic hydroxyl groups excluding tert-OH is 1. The maximum Gasteiger partial charge on any atom is 0.178 e. The Labute approximate surface area is 154 Å². The van der Waals surface area contributed by atoms with E-state index < -0.39 is 17.1 Å². The van der Waals surface area contributed by atoms with Gasteiger partial charge in [-0.25, -0.2) is 0 Å². The number of hydrogen-bond acceptors (Lipinski definition) is 4. The molecular weight excluding hydrogens is 328 g/mol. The number of ketones is 2. The van der Waals surface area contributed by atoms with Gasteiger partial charge in [-0.05, 0) is 62.2 Å². The van der Waals surface area contributed by atoms with Crippen molar-refractivity contribution in [1.29, 1.82) is 0 Å². The second kappa shape index (κ2) is 5.26. The molecule has 0 heterocycles. The molecule has 26 heavy (non-hydrogen) atoms. The SMILES string of the molecule is C=C1C[C@H]2[C@@H]3CCC4=CC(=O)C=C[C@]4(C)[C@H]3C(O)C[C@]2(C)[C@@]1(O)C(C)=O. The molecular formula is C22H28O4. The topological polar surface area (TPSA) is 74.6 Å². The fourth-order valence-electron chi connectivity index (χ4n) is 6.93. The van der Waals surface area contributed by atoms with E-state index in [1.807, 2.05) is 13.0 Å². The summed E-state index contributed by atoms with van der Waals surface area (Å²) in [4.78, 5) is 24.2. The zero-order valence-corrected chi connectivity index (χ0v) is 15.8. The lowest BCUT2D eigenvalue weighted by molar-refractivity contribution is -0.170. The van der Waals surface area contributed by atoms with Crippen molar-refractivity contribution in [3.63, 3.8) is 0 Å². The minimum atomic E-state index is -1.56. The average Bonchev–Trinajstić information content (AvgIpc) is 2.76. The molecule has 0 aromatic rings. The minimum Gasteiger partial charge on any atom is -0.393 e. The highest BCUT2D eigenvalue weighted by molar-refractivity contribution is 6.01. The van der Waals surface area contributed by atoms with Gasteiger partial charge in [0.25, 0.3) is 0 Å². The van der Waals surface area contributed by atoms with Gasteiger partial charge in [-0.2, -0.15) is 0 Å². The van der Waals surface area contributed by atoms with Gasteiger partial charge < -0.3 is 10.2 Å². The second-order valence-corrected chi connectivity index (χ2v) is 9.29. The summed E-state index contributed by atoms with van der Waals surface area (Å²) in [5.74, 6) is 0.0396. The zero-order valence-electron chi connectivity index (χ0n) is 15.8. The number of hydrogen-bond donors (Lipinski definition) is 2. The van der Waals surface area contributed by atoms with Crippen molar-refractivity contribution in [2.45, 2.75) is 58.2 Å². The van der Waals surface area contributed by atoms with Crippen molar-refractivity contribution < 1.29 is 19.8 Å². The Kier molecular flexibility index (Phi) is 3.62. The number of aliphatic hydroxyl groups is 2. The smallest absolute Gasteiger partial charge is 0.178 e. The van der Waals surface area contributed by atoms with Crippen molar-refractivity contribution in [2.75, 3.05) is 0 Å². The number of allylic oxidation sites excluding steroid dienone is 4. The van der Waals surface area contributed by atoms with Crippen molar-refractivity contribution >= 4 is 11.6 Å². The summed E-state index contributed by atoms with van der Waals surface area (Å²) in [6.07, 6.45) is 7.36. The molecule has 0 amide bonds. The second-order valence-electron chi connectivity index (χ2n) is 9.29. The number of carbonyl (C=O) groups is 2. The summed E-state index contributed by atoms with van der Waals surface area (Å²) < 4.78 is 0. The van der Waals surface area contributed by atoms with Gasteiger partial charge in [0.2, 0.25) is 0 Å². The van der Waals surface area contributed by atoms with E-state index in [9.17, 15) is 19.8 Å². The first kappa shape index (κ1) is 17.9. The molecule has 4 nitrogen and oxygen atoms in total. The van der Waals surface area contributed by atoms with E-state index in [1.54, 1.807) is 12.2 Å². The normalized spacial score (nSPS) is 50.0. The van der Waals surface area contributed by atoms with Crippen molar-refractivity contribution in [3.05, 3.63) is 36.0 Å². The highest BCUT2D eigenvalue weighted by Gasteiger charge is 2.68. The number of Topliss-reactive ketones (excluding diaryl/α,β-unsaturated/α-hetero) is 1. The van der Waals surface area contributed by atoms with Crippen LogP contribution >= 0.6 is 0 Å². The summed E-state index contributed by atoms with van der Waals surface area (Å²) >= 11 is 0. The Morgan fingerprint density at radius 3 is 2.69 bits per heavy atom. The molecule has 0 aromatic heterocycles. The van der Waals surface area contributed by atoms with Crippen LogP contribution in [0, 0.1) is 28.6 Å². The number of carbonyl (C=O) groups excluding carboxylic acids is 2. The molecule has 4 aliphatic carbocycles. The maximum atomic E-state index is 12.4. The minimum absolute atomic E-state index is 0.00738. The highest BCUT2D eigenvalue weighted by atomic mass is 16.3. The molecule has 3 saturated carbocycles. The Morgan fingerprint density at radius 1 is 1.35 bits per heavy atom. The summed E-state index contributed by atoms with van der Waals surface area (Å²) in [5.41, 5.74) is -0.893. The third kappa shape index (κ3) is 1.92. The van der Waals surface area contributed by atoms with Crippen LogP contribution in [0.3, 0.4) is 0 Å². The summed E-state index contributed by atoms with van der Waals surface area (Å²) in [6.45, 7) is 9.54. The van der Waals surface area contributed by atoms with E-state index in [4.69, 9.17) is 0 Å². The van der Waals surface area contributed by atoms with Gasteiger partial charge in [-0.3, -0.25) is 9.59 Å². The number of fused-ring (bicyclic) bond motifs is 5. The van der Waals surface area contributed by atoms with Crippen LogP contribution in [0.2, 0.25) is 0 Å². The van der Waals surface area contributed by atoms with Crippen LogP contribution in [0.15, 0.2) is 36.0 Å². The van der Waals surface area contributed by atoms with Crippen LogP contribution in [0.25, 0.3) is 0 Å². The van der Waals surface area contributed by atoms with Gasteiger partial charge in [0.15, 0.2) is 11.6 Å². The van der Waals surface area contributed by atoms with Crippen molar-refractivity contribution in [3.8, 4) is 0 Å². The van der Waals surface area contributed by atoms with E-state index in [-0.39, 0.29) is 34.7 Å². The molecule has 3 fully saturated rings. The van der Waals surface area contributed by atoms with Crippen LogP contribution in [-0.4, -0.2) is 33.5 Å². The van der Waals surface area contributed by atoms with Crippen LogP contribution in [-0.2, 0) is 9.59 Å². The highest BCUT2D eigenvalue weighted by Crippen LogP contribution is 2.67. The molecule has 0 aliphatic heterocycles. The molecule has 4 aliphatic rings. The predicted molar refractivity (Wildman–Crippen MR) is 98.2 cm³/mol. The predicted octanol–water partition coefficient (Wildman–Crippen LogP) is 2.75. The summed E-state index contributed by atoms with van der Waals surface area (Å²) in [7, 11) is 0. The van der Waals surface area contributed by atoms with E-state index in [1.165, 1.54) is 6.92 Å². The molecule has 0 aromatic carbocycles. The monoisotopic (exact) mass is 356 g/mol. The zero-order chi connectivity index (χ0) is 19.1.